The lowest BCUT2D eigenvalue weighted by Gasteiger charge is -2.07. The lowest BCUT2D eigenvalue weighted by Crippen LogP contribution is -1.94. The summed E-state index contributed by atoms with van der Waals surface area (Å²) < 4.78 is 18.2. The Hall–Kier alpha value is -2.63. The van der Waals surface area contributed by atoms with Gasteiger partial charge in [-0.1, -0.05) is 0 Å². The number of nitrogens with zero attached hydrogens (tertiary/aromatic N) is 1. The molecule has 98 valence electrons. The molecule has 2 aromatic rings. The van der Waals surface area contributed by atoms with Gasteiger partial charge < -0.3 is 10.1 Å². The summed E-state index contributed by atoms with van der Waals surface area (Å²) in [5, 5.41) is 13.6. The number of ether oxygens (including phenoxy) is 1. The highest BCUT2D eigenvalue weighted by Gasteiger charge is 2.10. The van der Waals surface area contributed by atoms with Gasteiger partial charge in [-0.05, 0) is 24.3 Å². The molecule has 0 fully saturated rings. The summed E-state index contributed by atoms with van der Waals surface area (Å²) in [5.41, 5.74) is 0.482. The van der Waals surface area contributed by atoms with Gasteiger partial charge in [0.25, 0.3) is 5.69 Å². The van der Waals surface area contributed by atoms with E-state index in [-0.39, 0.29) is 11.5 Å². The molecule has 0 amide bonds. The van der Waals surface area contributed by atoms with Crippen LogP contribution in [0.3, 0.4) is 0 Å². The second kappa shape index (κ2) is 5.34. The summed E-state index contributed by atoms with van der Waals surface area (Å²) >= 11 is 0. The Bertz CT molecular complexity index is 599. The quantitative estimate of drug-likeness (QED) is 0.675. The summed E-state index contributed by atoms with van der Waals surface area (Å²) in [7, 11) is 1.65. The third-order valence-corrected chi connectivity index (χ3v) is 2.44. The molecule has 0 saturated heterocycles. The van der Waals surface area contributed by atoms with E-state index in [1.165, 1.54) is 36.4 Å². The Labute approximate surface area is 108 Å². The van der Waals surface area contributed by atoms with Crippen LogP contribution < -0.4 is 10.1 Å². The van der Waals surface area contributed by atoms with Crippen LogP contribution in [0.5, 0.6) is 11.5 Å². The summed E-state index contributed by atoms with van der Waals surface area (Å²) in [6, 6.07) is 9.75. The molecule has 0 radical (unpaired) electrons. The minimum Gasteiger partial charge on any atom is -0.457 e. The number of non-ortho nitro benzene ring substituents is 1. The number of nitrogens with one attached hydrogen (secondary N) is 1. The number of nitro groups is 1. The molecule has 0 saturated carbocycles. The Morgan fingerprint density at radius 2 is 1.84 bits per heavy atom. The van der Waals surface area contributed by atoms with Crippen LogP contribution >= 0.6 is 0 Å². The molecule has 0 aromatic heterocycles. The topological polar surface area (TPSA) is 64.4 Å². The third-order valence-electron chi connectivity index (χ3n) is 2.44. The van der Waals surface area contributed by atoms with Crippen molar-refractivity contribution in [1.82, 2.24) is 0 Å². The predicted molar refractivity (Wildman–Crippen MR) is 69.1 cm³/mol. The van der Waals surface area contributed by atoms with Gasteiger partial charge in [-0.2, -0.15) is 0 Å². The predicted octanol–water partition coefficient (Wildman–Crippen LogP) is 3.57. The standard InChI is InChI=1S/C13H11FN2O3/c1-15-10-6-11(16(17)18)8-13(7-10)19-12-4-2-9(14)3-5-12/h2-8,15H,1H3. The van der Waals surface area contributed by atoms with Gasteiger partial charge in [-0.25, -0.2) is 4.39 Å². The zero-order valence-corrected chi connectivity index (χ0v) is 10.1. The Balaban J connectivity index is 2.31. The zero-order valence-electron chi connectivity index (χ0n) is 10.1. The second-order valence-electron chi connectivity index (χ2n) is 3.78. The molecule has 0 aliphatic carbocycles. The van der Waals surface area contributed by atoms with Crippen LogP contribution in [-0.2, 0) is 0 Å². The van der Waals surface area contributed by atoms with Crippen molar-refractivity contribution in [2.24, 2.45) is 0 Å². The van der Waals surface area contributed by atoms with Gasteiger partial charge in [0.15, 0.2) is 0 Å². The first-order valence-corrected chi connectivity index (χ1v) is 5.49. The van der Waals surface area contributed by atoms with E-state index in [1.54, 1.807) is 13.1 Å². The van der Waals surface area contributed by atoms with Crippen molar-refractivity contribution in [1.29, 1.82) is 0 Å². The number of hydrogen-bond acceptors (Lipinski definition) is 4. The number of rotatable bonds is 4. The van der Waals surface area contributed by atoms with Crippen LogP contribution in [-0.4, -0.2) is 12.0 Å². The van der Waals surface area contributed by atoms with E-state index in [9.17, 15) is 14.5 Å². The van der Waals surface area contributed by atoms with Crippen molar-refractivity contribution in [2.45, 2.75) is 0 Å². The first-order valence-electron chi connectivity index (χ1n) is 5.49. The summed E-state index contributed by atoms with van der Waals surface area (Å²) in [6.07, 6.45) is 0. The first-order chi connectivity index (χ1) is 9.08. The molecule has 6 heteroatoms. The van der Waals surface area contributed by atoms with Gasteiger partial charge in [0.1, 0.15) is 17.3 Å². The van der Waals surface area contributed by atoms with Gasteiger partial charge in [0.2, 0.25) is 0 Å². The highest BCUT2D eigenvalue weighted by atomic mass is 19.1. The van der Waals surface area contributed by atoms with E-state index in [0.717, 1.165) is 0 Å². The van der Waals surface area contributed by atoms with Crippen LogP contribution in [0.2, 0.25) is 0 Å². The molecule has 2 rings (SSSR count). The van der Waals surface area contributed by atoms with E-state index in [2.05, 4.69) is 5.32 Å². The fraction of sp³-hybridized carbons (Fsp3) is 0.0769. The smallest absolute Gasteiger partial charge is 0.275 e. The molecule has 5 nitrogen and oxygen atoms in total. The number of nitro benzene ring substituents is 1. The number of anilines is 1. The SMILES string of the molecule is CNc1cc(Oc2ccc(F)cc2)cc([N+](=O)[O-])c1. The second-order valence-corrected chi connectivity index (χ2v) is 3.78. The first kappa shape index (κ1) is 12.8. The van der Waals surface area contributed by atoms with Crippen LogP contribution in [0, 0.1) is 15.9 Å². The maximum atomic E-state index is 12.8. The Morgan fingerprint density at radius 1 is 1.16 bits per heavy atom. The fourth-order valence-corrected chi connectivity index (χ4v) is 1.53. The number of hydrogen-bond donors (Lipinski definition) is 1. The molecular formula is C13H11FN2O3. The molecule has 0 spiro atoms. The molecular weight excluding hydrogens is 251 g/mol. The summed E-state index contributed by atoms with van der Waals surface area (Å²) in [6.45, 7) is 0. The van der Waals surface area contributed by atoms with E-state index in [1.807, 2.05) is 0 Å². The summed E-state index contributed by atoms with van der Waals surface area (Å²) in [5.74, 6) is 0.344. The molecule has 1 N–H and O–H groups in total. The van der Waals surface area contributed by atoms with Crippen LogP contribution in [0.25, 0.3) is 0 Å². The van der Waals surface area contributed by atoms with E-state index >= 15 is 0 Å². The van der Waals surface area contributed by atoms with Crippen LogP contribution in [0.15, 0.2) is 42.5 Å². The Morgan fingerprint density at radius 3 is 2.42 bits per heavy atom. The van der Waals surface area contributed by atoms with E-state index in [4.69, 9.17) is 4.74 Å². The molecule has 19 heavy (non-hydrogen) atoms. The average molecular weight is 262 g/mol. The lowest BCUT2D eigenvalue weighted by atomic mass is 10.2. The monoisotopic (exact) mass is 262 g/mol. The average Bonchev–Trinajstić information content (AvgIpc) is 2.41. The molecule has 0 bridgehead atoms. The van der Waals surface area contributed by atoms with Crippen molar-refractivity contribution in [3.8, 4) is 11.5 Å². The highest BCUT2D eigenvalue weighted by molar-refractivity contribution is 5.56. The zero-order chi connectivity index (χ0) is 13.8. The highest BCUT2D eigenvalue weighted by Crippen LogP contribution is 2.29. The molecule has 0 aliphatic rings. The van der Waals surface area contributed by atoms with E-state index in [0.29, 0.717) is 17.2 Å². The molecule has 2 aromatic carbocycles. The van der Waals surface area contributed by atoms with Gasteiger partial charge in [-0.3, -0.25) is 10.1 Å². The van der Waals surface area contributed by atoms with Gasteiger partial charge in [0, 0.05) is 24.9 Å². The molecule has 0 aliphatic heterocycles. The normalized spacial score (nSPS) is 10.0. The van der Waals surface area contributed by atoms with Gasteiger partial charge in [-0.15, -0.1) is 0 Å². The third kappa shape index (κ3) is 3.19. The van der Waals surface area contributed by atoms with Crippen LogP contribution in [0.4, 0.5) is 15.8 Å². The number of benzene rings is 2. The minimum absolute atomic E-state index is 0.0797. The van der Waals surface area contributed by atoms with Crippen molar-refractivity contribution >= 4 is 11.4 Å². The largest absolute Gasteiger partial charge is 0.457 e. The summed E-state index contributed by atoms with van der Waals surface area (Å²) in [4.78, 5) is 10.3. The van der Waals surface area contributed by atoms with Crippen molar-refractivity contribution in [3.05, 3.63) is 58.4 Å². The lowest BCUT2D eigenvalue weighted by molar-refractivity contribution is -0.384. The number of halogens is 1. The van der Waals surface area contributed by atoms with Crippen LogP contribution in [0.1, 0.15) is 0 Å². The molecule has 0 heterocycles. The maximum Gasteiger partial charge on any atom is 0.275 e. The van der Waals surface area contributed by atoms with Gasteiger partial charge >= 0.3 is 0 Å². The molecule has 0 atom stereocenters. The van der Waals surface area contributed by atoms with E-state index < -0.39 is 4.92 Å². The van der Waals surface area contributed by atoms with Crippen molar-refractivity contribution in [3.63, 3.8) is 0 Å². The van der Waals surface area contributed by atoms with Crippen molar-refractivity contribution < 1.29 is 14.1 Å². The minimum atomic E-state index is -0.502. The van der Waals surface area contributed by atoms with Crippen molar-refractivity contribution in [2.75, 3.05) is 12.4 Å². The maximum absolute atomic E-state index is 12.8. The fourth-order valence-electron chi connectivity index (χ4n) is 1.53. The Kier molecular flexibility index (Phi) is 3.61. The van der Waals surface area contributed by atoms with Gasteiger partial charge in [0.05, 0.1) is 11.0 Å². The molecule has 0 unspecified atom stereocenters.